The second-order valence-electron chi connectivity index (χ2n) is 5.30. The molecule has 0 bridgehead atoms. The minimum absolute atomic E-state index is 0.0645. The average Bonchev–Trinajstić information content (AvgIpc) is 2.46. The lowest BCUT2D eigenvalue weighted by molar-refractivity contribution is -0.121. The van der Waals surface area contributed by atoms with Crippen LogP contribution in [0.15, 0.2) is 30.3 Å². The predicted octanol–water partition coefficient (Wildman–Crippen LogP) is 3.41. The van der Waals surface area contributed by atoms with E-state index >= 15 is 0 Å². The molecule has 2 N–H and O–H groups in total. The first kappa shape index (κ1) is 16.7. The standard InChI is InChI=1S/C17H27NO2/c1-2-3-5-11-16(19)12-8-13-17(20)18-14-15-9-6-4-7-10-15/h4,6-7,9-10,16,19H,2-3,5,8,11-14H2,1H3,(H,18,20)/t16-/m1/s1. The quantitative estimate of drug-likeness (QED) is 0.644. The van der Waals surface area contributed by atoms with Crippen molar-refractivity contribution >= 4 is 5.91 Å². The van der Waals surface area contributed by atoms with Crippen LogP contribution in [0.25, 0.3) is 0 Å². The first-order valence-electron chi connectivity index (χ1n) is 7.71. The number of aliphatic hydroxyl groups is 1. The Morgan fingerprint density at radius 1 is 1.15 bits per heavy atom. The summed E-state index contributed by atoms with van der Waals surface area (Å²) in [5.74, 6) is 0.0645. The number of hydrogen-bond acceptors (Lipinski definition) is 2. The summed E-state index contributed by atoms with van der Waals surface area (Å²) in [5.41, 5.74) is 1.11. The van der Waals surface area contributed by atoms with Crippen molar-refractivity contribution in [1.82, 2.24) is 5.32 Å². The van der Waals surface area contributed by atoms with Crippen molar-refractivity contribution in [1.29, 1.82) is 0 Å². The van der Waals surface area contributed by atoms with Crippen molar-refractivity contribution < 1.29 is 9.90 Å². The Balaban J connectivity index is 2.05. The van der Waals surface area contributed by atoms with Crippen LogP contribution in [0, 0.1) is 0 Å². The second kappa shape index (κ2) is 10.4. The molecule has 1 rings (SSSR count). The summed E-state index contributed by atoms with van der Waals surface area (Å²) in [5, 5.41) is 12.7. The highest BCUT2D eigenvalue weighted by Gasteiger charge is 2.06. The van der Waals surface area contributed by atoms with Gasteiger partial charge in [0.15, 0.2) is 0 Å². The molecule has 0 saturated heterocycles. The number of hydrogen-bond donors (Lipinski definition) is 2. The smallest absolute Gasteiger partial charge is 0.220 e. The highest BCUT2D eigenvalue weighted by atomic mass is 16.3. The molecule has 1 aromatic rings. The summed E-state index contributed by atoms with van der Waals surface area (Å²) < 4.78 is 0. The number of carbonyl (C=O) groups is 1. The molecule has 1 amide bonds. The molecule has 3 nitrogen and oxygen atoms in total. The molecule has 20 heavy (non-hydrogen) atoms. The van der Waals surface area contributed by atoms with Crippen molar-refractivity contribution in [2.45, 2.75) is 64.5 Å². The van der Waals surface area contributed by atoms with Gasteiger partial charge in [0.2, 0.25) is 5.91 Å². The lowest BCUT2D eigenvalue weighted by atomic mass is 10.1. The van der Waals surface area contributed by atoms with Crippen LogP contribution in [0.5, 0.6) is 0 Å². The van der Waals surface area contributed by atoms with Gasteiger partial charge in [-0.2, -0.15) is 0 Å². The molecule has 3 heteroatoms. The molecule has 0 aliphatic heterocycles. The number of nitrogens with one attached hydrogen (secondary N) is 1. The highest BCUT2D eigenvalue weighted by molar-refractivity contribution is 5.75. The van der Waals surface area contributed by atoms with E-state index in [-0.39, 0.29) is 12.0 Å². The lowest BCUT2D eigenvalue weighted by Gasteiger charge is -2.10. The van der Waals surface area contributed by atoms with Crippen molar-refractivity contribution in [3.8, 4) is 0 Å². The molecule has 0 aliphatic rings. The lowest BCUT2D eigenvalue weighted by Crippen LogP contribution is -2.22. The fourth-order valence-electron chi connectivity index (χ4n) is 2.16. The summed E-state index contributed by atoms with van der Waals surface area (Å²) in [7, 11) is 0. The number of carbonyl (C=O) groups excluding carboxylic acids is 1. The largest absolute Gasteiger partial charge is 0.393 e. The minimum atomic E-state index is -0.247. The van der Waals surface area contributed by atoms with Gasteiger partial charge < -0.3 is 10.4 Å². The van der Waals surface area contributed by atoms with Gasteiger partial charge >= 0.3 is 0 Å². The number of amides is 1. The summed E-state index contributed by atoms with van der Waals surface area (Å²) >= 11 is 0. The third-order valence-electron chi connectivity index (χ3n) is 3.41. The van der Waals surface area contributed by atoms with E-state index in [0.29, 0.717) is 13.0 Å². The van der Waals surface area contributed by atoms with Gasteiger partial charge in [0.1, 0.15) is 0 Å². The van der Waals surface area contributed by atoms with Crippen LogP contribution >= 0.6 is 0 Å². The minimum Gasteiger partial charge on any atom is -0.393 e. The van der Waals surface area contributed by atoms with Crippen molar-refractivity contribution in [3.05, 3.63) is 35.9 Å². The van der Waals surface area contributed by atoms with Crippen LogP contribution in [0.3, 0.4) is 0 Å². The zero-order valence-electron chi connectivity index (χ0n) is 12.5. The average molecular weight is 277 g/mol. The fourth-order valence-corrected chi connectivity index (χ4v) is 2.16. The Kier molecular flexibility index (Phi) is 8.72. The summed E-state index contributed by atoms with van der Waals surface area (Å²) in [6.07, 6.45) is 6.03. The van der Waals surface area contributed by atoms with E-state index in [0.717, 1.165) is 31.2 Å². The number of benzene rings is 1. The van der Waals surface area contributed by atoms with Gasteiger partial charge in [-0.3, -0.25) is 4.79 Å². The molecule has 0 aliphatic carbocycles. The maximum atomic E-state index is 11.7. The first-order valence-corrected chi connectivity index (χ1v) is 7.71. The molecular formula is C17H27NO2. The molecule has 1 atom stereocenters. The predicted molar refractivity (Wildman–Crippen MR) is 82.3 cm³/mol. The summed E-state index contributed by atoms with van der Waals surface area (Å²) in [6, 6.07) is 9.89. The molecule has 1 aromatic carbocycles. The first-order chi connectivity index (χ1) is 9.72. The number of rotatable bonds is 10. The van der Waals surface area contributed by atoms with Gasteiger partial charge in [0.05, 0.1) is 6.10 Å². The van der Waals surface area contributed by atoms with Crippen LogP contribution in [0.4, 0.5) is 0 Å². The zero-order chi connectivity index (χ0) is 14.6. The summed E-state index contributed by atoms with van der Waals surface area (Å²) in [4.78, 5) is 11.7. The van der Waals surface area contributed by atoms with E-state index in [4.69, 9.17) is 0 Å². The van der Waals surface area contributed by atoms with Crippen LogP contribution < -0.4 is 5.32 Å². The van der Waals surface area contributed by atoms with Crippen LogP contribution in [-0.2, 0) is 11.3 Å². The normalized spacial score (nSPS) is 12.1. The van der Waals surface area contributed by atoms with E-state index in [2.05, 4.69) is 12.2 Å². The van der Waals surface area contributed by atoms with Crippen molar-refractivity contribution in [2.75, 3.05) is 0 Å². The van der Waals surface area contributed by atoms with E-state index < -0.39 is 0 Å². The van der Waals surface area contributed by atoms with Gasteiger partial charge in [0.25, 0.3) is 0 Å². The van der Waals surface area contributed by atoms with Gasteiger partial charge in [-0.15, -0.1) is 0 Å². The van der Waals surface area contributed by atoms with Crippen molar-refractivity contribution in [2.24, 2.45) is 0 Å². The second-order valence-corrected chi connectivity index (χ2v) is 5.30. The Morgan fingerprint density at radius 3 is 2.55 bits per heavy atom. The third-order valence-corrected chi connectivity index (χ3v) is 3.41. The van der Waals surface area contributed by atoms with Crippen LogP contribution in [0.1, 0.15) is 57.4 Å². The van der Waals surface area contributed by atoms with E-state index in [1.165, 1.54) is 12.8 Å². The Morgan fingerprint density at radius 2 is 1.85 bits per heavy atom. The monoisotopic (exact) mass is 277 g/mol. The van der Waals surface area contributed by atoms with Crippen LogP contribution in [-0.4, -0.2) is 17.1 Å². The van der Waals surface area contributed by atoms with E-state index in [1.807, 2.05) is 30.3 Å². The molecule has 0 heterocycles. The molecule has 0 unspecified atom stereocenters. The maximum absolute atomic E-state index is 11.7. The fraction of sp³-hybridized carbons (Fsp3) is 0.588. The maximum Gasteiger partial charge on any atom is 0.220 e. The number of aliphatic hydroxyl groups excluding tert-OH is 1. The number of unbranched alkanes of at least 4 members (excludes halogenated alkanes) is 2. The molecule has 0 spiro atoms. The van der Waals surface area contributed by atoms with Gasteiger partial charge in [-0.05, 0) is 24.8 Å². The van der Waals surface area contributed by atoms with E-state index in [1.54, 1.807) is 0 Å². The topological polar surface area (TPSA) is 49.3 Å². The zero-order valence-corrected chi connectivity index (χ0v) is 12.5. The molecular weight excluding hydrogens is 250 g/mol. The third kappa shape index (κ3) is 7.95. The Bertz CT molecular complexity index is 365. The van der Waals surface area contributed by atoms with Gasteiger partial charge in [0, 0.05) is 13.0 Å². The van der Waals surface area contributed by atoms with Gasteiger partial charge in [-0.25, -0.2) is 0 Å². The SMILES string of the molecule is CCCCC[C@@H](O)CCCC(=O)NCc1ccccc1. The Labute approximate surface area is 122 Å². The molecule has 0 aromatic heterocycles. The Hall–Kier alpha value is -1.35. The van der Waals surface area contributed by atoms with Gasteiger partial charge in [-0.1, -0.05) is 56.5 Å². The summed E-state index contributed by atoms with van der Waals surface area (Å²) in [6.45, 7) is 2.74. The van der Waals surface area contributed by atoms with Crippen molar-refractivity contribution in [3.63, 3.8) is 0 Å². The molecule has 0 saturated carbocycles. The molecule has 0 fully saturated rings. The van der Waals surface area contributed by atoms with E-state index in [9.17, 15) is 9.90 Å². The van der Waals surface area contributed by atoms with Crippen LogP contribution in [0.2, 0.25) is 0 Å². The molecule has 0 radical (unpaired) electrons. The molecule has 112 valence electrons. The highest BCUT2D eigenvalue weighted by Crippen LogP contribution is 2.09.